The van der Waals surface area contributed by atoms with Gasteiger partial charge in [-0.05, 0) is 53.9 Å². The summed E-state index contributed by atoms with van der Waals surface area (Å²) in [7, 11) is 1.59. The van der Waals surface area contributed by atoms with Gasteiger partial charge in [0.1, 0.15) is 11.6 Å². The summed E-state index contributed by atoms with van der Waals surface area (Å²) < 4.78 is 20.4. The third-order valence-electron chi connectivity index (χ3n) is 5.30. The zero-order valence-electron chi connectivity index (χ0n) is 18.8. The van der Waals surface area contributed by atoms with Gasteiger partial charge < -0.3 is 14.6 Å². The van der Waals surface area contributed by atoms with Gasteiger partial charge in [-0.25, -0.2) is 4.39 Å². The highest BCUT2D eigenvalue weighted by atomic mass is 32.2. The van der Waals surface area contributed by atoms with Gasteiger partial charge in [0.25, 0.3) is 5.91 Å². The van der Waals surface area contributed by atoms with E-state index in [-0.39, 0.29) is 18.3 Å². The predicted octanol–water partition coefficient (Wildman–Crippen LogP) is 4.89. The van der Waals surface area contributed by atoms with Gasteiger partial charge in [-0.1, -0.05) is 54.2 Å². The molecular formula is C26H25FN4O2S. The fourth-order valence-electron chi connectivity index (χ4n) is 3.40. The molecule has 0 fully saturated rings. The first kappa shape index (κ1) is 23.5. The van der Waals surface area contributed by atoms with E-state index in [2.05, 4.69) is 27.6 Å². The quantitative estimate of drug-likeness (QED) is 0.330. The van der Waals surface area contributed by atoms with E-state index in [9.17, 15) is 9.18 Å². The summed E-state index contributed by atoms with van der Waals surface area (Å²) in [5.41, 5.74) is 2.75. The molecule has 1 N–H and O–H groups in total. The Hall–Kier alpha value is -3.65. The second-order valence-electron chi connectivity index (χ2n) is 7.61. The summed E-state index contributed by atoms with van der Waals surface area (Å²) in [6.45, 7) is 0.931. The number of thioether (sulfide) groups is 1. The first-order valence-electron chi connectivity index (χ1n) is 10.9. The molecule has 8 heteroatoms. The largest absolute Gasteiger partial charge is 0.497 e. The number of carbonyl (C=O) groups is 1. The lowest BCUT2D eigenvalue weighted by Gasteiger charge is -2.11. The number of rotatable bonds is 10. The lowest BCUT2D eigenvalue weighted by molar-refractivity contribution is 0.0949. The molecule has 0 aliphatic heterocycles. The average Bonchev–Trinajstić information content (AvgIpc) is 3.27. The molecule has 0 spiro atoms. The molecule has 0 aliphatic rings. The summed E-state index contributed by atoms with van der Waals surface area (Å²) in [4.78, 5) is 12.6. The Labute approximate surface area is 202 Å². The highest BCUT2D eigenvalue weighted by molar-refractivity contribution is 7.98. The Kier molecular flexibility index (Phi) is 7.93. The van der Waals surface area contributed by atoms with E-state index in [1.54, 1.807) is 43.5 Å². The number of nitrogens with one attached hydrogen (secondary N) is 1. The van der Waals surface area contributed by atoms with Gasteiger partial charge in [0.15, 0.2) is 11.0 Å². The maximum Gasteiger partial charge on any atom is 0.251 e. The minimum Gasteiger partial charge on any atom is -0.497 e. The zero-order chi connectivity index (χ0) is 23.8. The fourth-order valence-corrected chi connectivity index (χ4v) is 4.34. The minimum absolute atomic E-state index is 0.194. The van der Waals surface area contributed by atoms with Gasteiger partial charge in [0.2, 0.25) is 0 Å². The van der Waals surface area contributed by atoms with E-state index in [0.717, 1.165) is 17.1 Å². The van der Waals surface area contributed by atoms with Crippen molar-refractivity contribution in [1.29, 1.82) is 0 Å². The van der Waals surface area contributed by atoms with Crippen LogP contribution in [0.2, 0.25) is 0 Å². The van der Waals surface area contributed by atoms with Crippen LogP contribution in [0.25, 0.3) is 0 Å². The maximum absolute atomic E-state index is 13.2. The Balaban J connectivity index is 1.46. The lowest BCUT2D eigenvalue weighted by Crippen LogP contribution is -2.25. The molecule has 1 aromatic heterocycles. The Morgan fingerprint density at radius 3 is 2.41 bits per heavy atom. The van der Waals surface area contributed by atoms with Crippen LogP contribution in [0.3, 0.4) is 0 Å². The summed E-state index contributed by atoms with van der Waals surface area (Å²) in [5, 5.41) is 12.4. The van der Waals surface area contributed by atoms with Gasteiger partial charge in [-0.2, -0.15) is 0 Å². The number of hydrogen-bond donors (Lipinski definition) is 1. The molecule has 0 saturated carbocycles. The molecule has 4 rings (SSSR count). The van der Waals surface area contributed by atoms with Crippen molar-refractivity contribution in [3.05, 3.63) is 107 Å². The smallest absolute Gasteiger partial charge is 0.251 e. The lowest BCUT2D eigenvalue weighted by atomic mass is 10.1. The zero-order valence-corrected chi connectivity index (χ0v) is 19.6. The Morgan fingerprint density at radius 1 is 0.971 bits per heavy atom. The van der Waals surface area contributed by atoms with Crippen LogP contribution in [-0.2, 0) is 25.3 Å². The fraction of sp³-hybridized carbons (Fsp3) is 0.192. The van der Waals surface area contributed by atoms with Crippen molar-refractivity contribution in [2.24, 2.45) is 0 Å². The molecule has 0 unspecified atom stereocenters. The van der Waals surface area contributed by atoms with Crippen molar-refractivity contribution >= 4 is 17.7 Å². The summed E-state index contributed by atoms with van der Waals surface area (Å²) in [5.74, 6) is 1.57. The molecule has 0 bridgehead atoms. The van der Waals surface area contributed by atoms with E-state index in [1.807, 2.05) is 22.8 Å². The Bertz CT molecular complexity index is 1210. The van der Waals surface area contributed by atoms with Gasteiger partial charge in [0.05, 0.1) is 13.7 Å². The molecule has 34 heavy (non-hydrogen) atoms. The normalized spacial score (nSPS) is 10.8. The minimum atomic E-state index is -0.255. The summed E-state index contributed by atoms with van der Waals surface area (Å²) >= 11 is 1.54. The number of aromatic nitrogens is 3. The molecule has 0 saturated heterocycles. The van der Waals surface area contributed by atoms with Crippen LogP contribution in [-0.4, -0.2) is 27.8 Å². The average molecular weight is 477 g/mol. The number of halogens is 1. The number of carbonyl (C=O) groups excluding carboxylic acids is 1. The van der Waals surface area contributed by atoms with Crippen molar-refractivity contribution in [3.63, 3.8) is 0 Å². The number of aryl methyl sites for hydroxylation is 1. The molecule has 0 radical (unpaired) electrons. The van der Waals surface area contributed by atoms with Gasteiger partial charge in [0, 0.05) is 17.9 Å². The molecule has 0 aliphatic carbocycles. The standard InChI is InChI=1S/C26H25FN4O2S/c1-33-23-13-9-21(10-14-23)25(32)28-17-24-29-30-26(34-18-20-7-11-22(27)12-8-20)31(24)16-15-19-5-3-2-4-6-19/h2-14H,15-18H2,1H3,(H,28,32). The Morgan fingerprint density at radius 2 is 1.71 bits per heavy atom. The van der Waals surface area contributed by atoms with E-state index >= 15 is 0 Å². The maximum atomic E-state index is 13.2. The second kappa shape index (κ2) is 11.5. The second-order valence-corrected chi connectivity index (χ2v) is 8.55. The number of hydrogen-bond acceptors (Lipinski definition) is 5. The third kappa shape index (κ3) is 6.23. The third-order valence-corrected chi connectivity index (χ3v) is 6.34. The van der Waals surface area contributed by atoms with Crippen molar-refractivity contribution in [2.75, 3.05) is 7.11 Å². The number of amides is 1. The predicted molar refractivity (Wildman–Crippen MR) is 130 cm³/mol. The monoisotopic (exact) mass is 476 g/mol. The molecule has 4 aromatic rings. The van der Waals surface area contributed by atoms with Crippen LogP contribution >= 0.6 is 11.8 Å². The first-order valence-corrected chi connectivity index (χ1v) is 11.9. The SMILES string of the molecule is COc1ccc(C(=O)NCc2nnc(SCc3ccc(F)cc3)n2CCc2ccccc2)cc1. The highest BCUT2D eigenvalue weighted by Crippen LogP contribution is 2.23. The number of ether oxygens (including phenoxy) is 1. The van der Waals surface area contributed by atoms with E-state index < -0.39 is 0 Å². The van der Waals surface area contributed by atoms with Gasteiger partial charge in [-0.15, -0.1) is 10.2 Å². The van der Waals surface area contributed by atoms with Crippen LogP contribution in [0, 0.1) is 5.82 Å². The number of nitrogens with zero attached hydrogens (tertiary/aromatic N) is 3. The molecule has 1 amide bonds. The highest BCUT2D eigenvalue weighted by Gasteiger charge is 2.15. The van der Waals surface area contributed by atoms with Crippen LogP contribution < -0.4 is 10.1 Å². The van der Waals surface area contributed by atoms with Crippen molar-refractivity contribution in [1.82, 2.24) is 20.1 Å². The van der Waals surface area contributed by atoms with Crippen LogP contribution in [0.1, 0.15) is 27.3 Å². The van der Waals surface area contributed by atoms with E-state index in [1.165, 1.54) is 29.5 Å². The van der Waals surface area contributed by atoms with Crippen LogP contribution in [0.4, 0.5) is 4.39 Å². The first-order chi connectivity index (χ1) is 16.6. The van der Waals surface area contributed by atoms with Crippen LogP contribution in [0.5, 0.6) is 5.75 Å². The molecular weight excluding hydrogens is 451 g/mol. The van der Waals surface area contributed by atoms with E-state index in [4.69, 9.17) is 4.74 Å². The van der Waals surface area contributed by atoms with Crippen molar-refractivity contribution in [2.45, 2.75) is 30.4 Å². The van der Waals surface area contributed by atoms with Crippen LogP contribution in [0.15, 0.2) is 84.0 Å². The number of benzene rings is 3. The van der Waals surface area contributed by atoms with E-state index in [0.29, 0.717) is 29.4 Å². The molecule has 0 atom stereocenters. The van der Waals surface area contributed by atoms with Gasteiger partial charge in [-0.3, -0.25) is 4.79 Å². The number of methoxy groups -OCH3 is 1. The van der Waals surface area contributed by atoms with Crippen molar-refractivity contribution in [3.8, 4) is 5.75 Å². The van der Waals surface area contributed by atoms with Crippen molar-refractivity contribution < 1.29 is 13.9 Å². The molecule has 6 nitrogen and oxygen atoms in total. The molecule has 1 heterocycles. The topological polar surface area (TPSA) is 69.0 Å². The van der Waals surface area contributed by atoms with Gasteiger partial charge >= 0.3 is 0 Å². The summed E-state index contributed by atoms with van der Waals surface area (Å²) in [6.07, 6.45) is 0.808. The summed E-state index contributed by atoms with van der Waals surface area (Å²) in [6, 6.07) is 23.6. The molecule has 174 valence electrons. The molecule has 3 aromatic carbocycles.